The van der Waals surface area contributed by atoms with E-state index in [1.165, 1.54) is 15.9 Å². The molecule has 10 rings (SSSR count). The number of hydrogen-bond acceptors (Lipinski definition) is 3. The van der Waals surface area contributed by atoms with Crippen LogP contribution in [0.5, 0.6) is 0 Å². The second-order valence-corrected chi connectivity index (χ2v) is 17.7. The number of rotatable bonds is 11. The molecule has 3 heterocycles. The van der Waals surface area contributed by atoms with Gasteiger partial charge in [0.2, 0.25) is 0 Å². The van der Waals surface area contributed by atoms with Crippen molar-refractivity contribution in [2.24, 2.45) is 0 Å². The van der Waals surface area contributed by atoms with Gasteiger partial charge in [-0.15, -0.1) is 0 Å². The zero-order chi connectivity index (χ0) is 45.6. The van der Waals surface area contributed by atoms with E-state index in [1.54, 1.807) is 0 Å². The van der Waals surface area contributed by atoms with Crippen molar-refractivity contribution in [1.82, 2.24) is 24.5 Å². The number of nitrogens with zero attached hydrogens (tertiary/aromatic N) is 5. The molecule has 5 nitrogen and oxygen atoms in total. The van der Waals surface area contributed by atoms with Crippen molar-refractivity contribution in [3.05, 3.63) is 254 Å². The molecule has 7 aromatic carbocycles. The van der Waals surface area contributed by atoms with Crippen LogP contribution >= 0.6 is 7.92 Å². The van der Waals surface area contributed by atoms with Crippen LogP contribution < -0.4 is 15.9 Å². The Balaban J connectivity index is 0.000000221. The average Bonchev–Trinajstić information content (AvgIpc) is 3.98. The van der Waals surface area contributed by atoms with Gasteiger partial charge in [-0.3, -0.25) is 14.3 Å². The van der Waals surface area contributed by atoms with Crippen molar-refractivity contribution in [3.63, 3.8) is 0 Å². The summed E-state index contributed by atoms with van der Waals surface area (Å²) in [6, 6.07) is 84.5. The summed E-state index contributed by atoms with van der Waals surface area (Å²) >= 11 is 0. The maximum Gasteiger partial charge on any atom is 1.00 e. The molecule has 0 spiro atoms. The maximum atomic E-state index is 9.75. The summed E-state index contributed by atoms with van der Waals surface area (Å²) in [7, 11) is -6.88. The molecule has 12 heteroatoms. The Kier molecular flexibility index (Phi) is 16.7. The standard InChI is InChI=1S/C37H29N5.C18H15P.BF4.Cu/c1-5-14-28(15-6-1)34-24-36(30-18-9-3-10-19-30)41(39-34)26-32-22-13-23-33(38-32)27-42-37(31-20-11-4-12-21-31)25-35(40-42)29-16-7-2-8-17-29;1-4-10-16(11-5-1)19(17-12-6-2-7-13-17)18-14-8-3-9-15-18;2-1(3,4)5;/h1-25H,26-27H2;1-15H;;/q;;-1;+1/p+1. The van der Waals surface area contributed by atoms with E-state index in [0.717, 1.165) is 56.4 Å². The van der Waals surface area contributed by atoms with Gasteiger partial charge in [-0.1, -0.05) is 182 Å². The van der Waals surface area contributed by atoms with E-state index in [4.69, 9.17) is 15.2 Å². The van der Waals surface area contributed by atoms with Gasteiger partial charge in [0.1, 0.15) is 15.9 Å². The SMILES string of the molecule is F[B-](F)(F)F.[Cu+].c1ccc(-c2cc(-c3ccccc3)n(Cc3cccc(Cn4nc(-c5ccccc5)cc4-c4ccccc4)n3)n2)cc1.c1ccc([PH+](c2ccccc2)c2ccccc2)cc1. The van der Waals surface area contributed by atoms with Crippen molar-refractivity contribution in [2.45, 2.75) is 13.1 Å². The zero-order valence-electron chi connectivity index (χ0n) is 36.1. The first-order valence-electron chi connectivity index (χ1n) is 21.5. The molecule has 0 aliphatic heterocycles. The summed E-state index contributed by atoms with van der Waals surface area (Å²) in [5.41, 5.74) is 10.4. The van der Waals surface area contributed by atoms with Gasteiger partial charge in [0.05, 0.1) is 55.2 Å². The number of hydrogen-bond donors (Lipinski definition) is 0. The summed E-state index contributed by atoms with van der Waals surface area (Å²) in [5.74, 6) is 0. The van der Waals surface area contributed by atoms with Crippen molar-refractivity contribution in [3.8, 4) is 45.0 Å². The van der Waals surface area contributed by atoms with E-state index in [1.807, 2.05) is 48.5 Å². The average molecular weight is 957 g/mol. The molecule has 0 fully saturated rings. The number of benzene rings is 7. The molecule has 0 N–H and O–H groups in total. The Labute approximate surface area is 400 Å². The molecule has 0 radical (unpaired) electrons. The predicted molar refractivity (Wildman–Crippen MR) is 265 cm³/mol. The van der Waals surface area contributed by atoms with Crippen LogP contribution in [0.3, 0.4) is 0 Å². The molecule has 0 saturated heterocycles. The molecule has 0 atom stereocenters. The summed E-state index contributed by atoms with van der Waals surface area (Å²) in [6.07, 6.45) is 0. The molecule has 10 aromatic rings. The third kappa shape index (κ3) is 13.5. The largest absolute Gasteiger partial charge is 1.00 e. The molecular formula is C55H45BCuF4N5P+. The van der Waals surface area contributed by atoms with E-state index in [2.05, 4.69) is 203 Å². The maximum absolute atomic E-state index is 9.75. The van der Waals surface area contributed by atoms with Gasteiger partial charge in [0.15, 0.2) is 0 Å². The molecule has 336 valence electrons. The normalized spacial score (nSPS) is 10.8. The molecule has 0 bridgehead atoms. The first kappa shape index (κ1) is 47.8. The van der Waals surface area contributed by atoms with E-state index < -0.39 is 15.2 Å². The van der Waals surface area contributed by atoms with Crippen molar-refractivity contribution in [1.29, 1.82) is 0 Å². The van der Waals surface area contributed by atoms with Crippen molar-refractivity contribution < 1.29 is 34.3 Å². The molecule has 0 saturated carbocycles. The minimum Gasteiger partial charge on any atom is -0.418 e. The second kappa shape index (κ2) is 23.3. The van der Waals surface area contributed by atoms with Crippen LogP contribution in [-0.4, -0.2) is 31.8 Å². The molecule has 67 heavy (non-hydrogen) atoms. The first-order valence-corrected chi connectivity index (χ1v) is 23.0. The fourth-order valence-corrected chi connectivity index (χ4v) is 10.2. The van der Waals surface area contributed by atoms with Crippen LogP contribution in [0.25, 0.3) is 45.0 Å². The minimum atomic E-state index is -6.00. The fourth-order valence-electron chi connectivity index (χ4n) is 7.58. The molecule has 0 unspecified atom stereocenters. The van der Waals surface area contributed by atoms with Gasteiger partial charge in [-0.05, 0) is 71.8 Å². The van der Waals surface area contributed by atoms with Crippen molar-refractivity contribution >= 4 is 31.1 Å². The number of aromatic nitrogens is 5. The number of halogens is 4. The molecule has 0 aliphatic rings. The topological polar surface area (TPSA) is 48.5 Å². The van der Waals surface area contributed by atoms with Crippen LogP contribution in [0, 0.1) is 0 Å². The Morgan fingerprint density at radius 1 is 0.358 bits per heavy atom. The minimum absolute atomic E-state index is 0. The van der Waals surface area contributed by atoms with E-state index in [9.17, 15) is 17.3 Å². The molecule has 0 aliphatic carbocycles. The Morgan fingerprint density at radius 2 is 0.627 bits per heavy atom. The van der Waals surface area contributed by atoms with Crippen molar-refractivity contribution in [2.75, 3.05) is 0 Å². The summed E-state index contributed by atoms with van der Waals surface area (Å²) in [4.78, 5) is 5.08. The number of pyridine rings is 1. The van der Waals surface area contributed by atoms with Crippen LogP contribution in [0.15, 0.2) is 243 Å². The van der Waals surface area contributed by atoms with Crippen LogP contribution in [0.4, 0.5) is 17.3 Å². The van der Waals surface area contributed by atoms with E-state index in [-0.39, 0.29) is 17.1 Å². The van der Waals surface area contributed by atoms with Crippen LogP contribution in [-0.2, 0) is 30.2 Å². The first-order chi connectivity index (χ1) is 32.2. The predicted octanol–water partition coefficient (Wildman–Crippen LogP) is 12.7. The molecular weight excluding hydrogens is 912 g/mol. The van der Waals surface area contributed by atoms with Gasteiger partial charge >= 0.3 is 24.3 Å². The Hall–Kier alpha value is -7.16. The van der Waals surface area contributed by atoms with Gasteiger partial charge < -0.3 is 17.3 Å². The monoisotopic (exact) mass is 956 g/mol. The molecule has 3 aromatic heterocycles. The third-order valence-corrected chi connectivity index (χ3v) is 13.2. The Bertz CT molecular complexity index is 2780. The van der Waals surface area contributed by atoms with Gasteiger partial charge in [0.25, 0.3) is 0 Å². The van der Waals surface area contributed by atoms with E-state index in [0.29, 0.717) is 13.1 Å². The summed E-state index contributed by atoms with van der Waals surface area (Å²) < 4.78 is 43.1. The van der Waals surface area contributed by atoms with Gasteiger partial charge in [0, 0.05) is 11.1 Å². The van der Waals surface area contributed by atoms with E-state index >= 15 is 0 Å². The van der Waals surface area contributed by atoms with Crippen LogP contribution in [0.1, 0.15) is 11.4 Å². The Morgan fingerprint density at radius 3 is 0.925 bits per heavy atom. The summed E-state index contributed by atoms with van der Waals surface area (Å²) in [6.45, 7) is 1.12. The smallest absolute Gasteiger partial charge is 0.418 e. The fraction of sp³-hybridized carbons (Fsp3) is 0.0364. The summed E-state index contributed by atoms with van der Waals surface area (Å²) in [5, 5.41) is 14.3. The third-order valence-electron chi connectivity index (χ3n) is 10.5. The second-order valence-electron chi connectivity index (χ2n) is 15.2. The van der Waals surface area contributed by atoms with Gasteiger partial charge in [-0.2, -0.15) is 10.2 Å². The zero-order valence-corrected chi connectivity index (χ0v) is 38.1. The van der Waals surface area contributed by atoms with Crippen LogP contribution in [0.2, 0.25) is 0 Å². The quantitative estimate of drug-likeness (QED) is 0.0737. The molecule has 0 amide bonds. The van der Waals surface area contributed by atoms with Gasteiger partial charge in [-0.25, -0.2) is 0 Å².